The van der Waals surface area contributed by atoms with Crippen LogP contribution >= 0.6 is 11.3 Å². The average Bonchev–Trinajstić information content (AvgIpc) is 3.09. The van der Waals surface area contributed by atoms with Gasteiger partial charge in [0.2, 0.25) is 11.7 Å². The van der Waals surface area contributed by atoms with Crippen molar-refractivity contribution in [2.75, 3.05) is 12.3 Å². The molecule has 1 saturated heterocycles. The maximum Gasteiger partial charge on any atom is 0.226 e. The second kappa shape index (κ2) is 5.66. The summed E-state index contributed by atoms with van der Waals surface area (Å²) in [5, 5.41) is 6.59. The fraction of sp³-hybridized carbons (Fsp3) is 0.583. The van der Waals surface area contributed by atoms with Crippen LogP contribution in [0.1, 0.15) is 42.8 Å². The van der Waals surface area contributed by atoms with Crippen molar-refractivity contribution in [1.82, 2.24) is 15.1 Å². The lowest BCUT2D eigenvalue weighted by atomic mass is 10.2. The van der Waals surface area contributed by atoms with E-state index in [2.05, 4.69) is 15.1 Å². The van der Waals surface area contributed by atoms with Gasteiger partial charge in [0.1, 0.15) is 6.10 Å². The van der Waals surface area contributed by atoms with Crippen molar-refractivity contribution in [3.05, 3.63) is 22.8 Å². The van der Waals surface area contributed by atoms with Crippen LogP contribution in [-0.2, 0) is 17.6 Å². The van der Waals surface area contributed by atoms with Crippen molar-refractivity contribution in [3.63, 3.8) is 0 Å². The van der Waals surface area contributed by atoms with E-state index in [1.165, 1.54) is 11.3 Å². The van der Waals surface area contributed by atoms with Crippen LogP contribution in [0.4, 0.5) is 5.13 Å². The molecule has 1 aliphatic heterocycles. The van der Waals surface area contributed by atoms with E-state index in [-0.39, 0.29) is 6.10 Å². The summed E-state index contributed by atoms with van der Waals surface area (Å²) in [4.78, 5) is 8.60. The number of rotatable bonds is 5. The molecule has 0 aliphatic carbocycles. The average molecular weight is 280 g/mol. The molecule has 7 heteroatoms. The first-order valence-electron chi connectivity index (χ1n) is 6.45. The largest absolute Gasteiger partial charge is 0.375 e. The van der Waals surface area contributed by atoms with Crippen molar-refractivity contribution in [1.29, 1.82) is 0 Å². The lowest BCUT2D eigenvalue weighted by Gasteiger charge is -2.00. The monoisotopic (exact) mass is 280 g/mol. The third kappa shape index (κ3) is 3.10. The number of hydrogen-bond donors (Lipinski definition) is 1. The van der Waals surface area contributed by atoms with Crippen molar-refractivity contribution in [2.45, 2.75) is 38.2 Å². The van der Waals surface area contributed by atoms with Crippen LogP contribution in [0, 0.1) is 0 Å². The van der Waals surface area contributed by atoms with Crippen LogP contribution in [0.25, 0.3) is 0 Å². The van der Waals surface area contributed by atoms with Gasteiger partial charge in [-0.2, -0.15) is 4.98 Å². The first kappa shape index (κ1) is 12.6. The molecule has 0 spiro atoms. The van der Waals surface area contributed by atoms with E-state index in [1.54, 1.807) is 0 Å². The molecule has 1 atom stereocenters. The summed E-state index contributed by atoms with van der Waals surface area (Å²) < 4.78 is 10.8. The first-order valence-corrected chi connectivity index (χ1v) is 7.33. The summed E-state index contributed by atoms with van der Waals surface area (Å²) >= 11 is 1.47. The Morgan fingerprint density at radius 2 is 2.32 bits per heavy atom. The first-order chi connectivity index (χ1) is 9.31. The highest BCUT2D eigenvalue weighted by atomic mass is 32.1. The topological polar surface area (TPSA) is 87.1 Å². The molecule has 3 heterocycles. The number of ether oxygens (including phenoxy) is 1. The van der Waals surface area contributed by atoms with E-state index in [4.69, 9.17) is 15.0 Å². The zero-order valence-corrected chi connectivity index (χ0v) is 11.4. The molecule has 1 fully saturated rings. The molecule has 0 bridgehead atoms. The Labute approximate surface area is 115 Å². The van der Waals surface area contributed by atoms with Gasteiger partial charge in [-0.1, -0.05) is 5.16 Å². The summed E-state index contributed by atoms with van der Waals surface area (Å²) in [5.74, 6) is 1.36. The molecule has 1 aliphatic rings. The highest BCUT2D eigenvalue weighted by Crippen LogP contribution is 2.26. The number of thiazole rings is 1. The van der Waals surface area contributed by atoms with E-state index in [0.717, 1.165) is 44.4 Å². The Kier molecular flexibility index (Phi) is 3.74. The smallest absolute Gasteiger partial charge is 0.226 e. The number of nitrogen functional groups attached to an aromatic ring is 1. The highest BCUT2D eigenvalue weighted by molar-refractivity contribution is 7.13. The number of nitrogens with two attached hydrogens (primary N) is 1. The SMILES string of the molecule is Nc1nc(CCCc2nc(C3CCCO3)no2)cs1. The van der Waals surface area contributed by atoms with Crippen molar-refractivity contribution < 1.29 is 9.26 Å². The van der Waals surface area contributed by atoms with Gasteiger partial charge in [0.15, 0.2) is 5.13 Å². The van der Waals surface area contributed by atoms with Crippen molar-refractivity contribution >= 4 is 16.5 Å². The summed E-state index contributed by atoms with van der Waals surface area (Å²) in [6.07, 6.45) is 4.64. The van der Waals surface area contributed by atoms with Gasteiger partial charge in [-0.25, -0.2) is 4.98 Å². The molecule has 0 radical (unpaired) electrons. The number of aryl methyl sites for hydroxylation is 2. The van der Waals surface area contributed by atoms with Crippen LogP contribution in [0.5, 0.6) is 0 Å². The van der Waals surface area contributed by atoms with Crippen LogP contribution in [0.3, 0.4) is 0 Å². The molecule has 0 amide bonds. The Morgan fingerprint density at radius 3 is 3.05 bits per heavy atom. The predicted molar refractivity (Wildman–Crippen MR) is 70.8 cm³/mol. The minimum atomic E-state index is 0.0239. The molecule has 2 aromatic heterocycles. The van der Waals surface area contributed by atoms with Gasteiger partial charge in [0, 0.05) is 18.4 Å². The molecule has 2 aromatic rings. The highest BCUT2D eigenvalue weighted by Gasteiger charge is 2.22. The van der Waals surface area contributed by atoms with E-state index in [1.807, 2.05) is 5.38 Å². The number of hydrogen-bond acceptors (Lipinski definition) is 7. The fourth-order valence-electron chi connectivity index (χ4n) is 2.14. The maximum atomic E-state index is 5.59. The van der Waals surface area contributed by atoms with E-state index < -0.39 is 0 Å². The summed E-state index contributed by atoms with van der Waals surface area (Å²) in [5.41, 5.74) is 6.62. The number of anilines is 1. The molecule has 102 valence electrons. The minimum absolute atomic E-state index is 0.0239. The standard InChI is InChI=1S/C12H16N4O2S/c13-12-14-8(7-19-12)3-1-5-10-15-11(16-18-10)9-4-2-6-17-9/h7,9H,1-6H2,(H2,13,14). The lowest BCUT2D eigenvalue weighted by Crippen LogP contribution is -1.98. The summed E-state index contributed by atoms with van der Waals surface area (Å²) in [6, 6.07) is 0. The summed E-state index contributed by atoms with van der Waals surface area (Å²) in [7, 11) is 0. The Balaban J connectivity index is 1.50. The van der Waals surface area contributed by atoms with Crippen LogP contribution < -0.4 is 5.73 Å². The van der Waals surface area contributed by atoms with Gasteiger partial charge < -0.3 is 15.0 Å². The lowest BCUT2D eigenvalue weighted by molar-refractivity contribution is 0.103. The predicted octanol–water partition coefficient (Wildman–Crippen LogP) is 2.14. The normalized spacial score (nSPS) is 19.1. The zero-order chi connectivity index (χ0) is 13.1. The van der Waals surface area contributed by atoms with Gasteiger partial charge in [-0.3, -0.25) is 0 Å². The van der Waals surface area contributed by atoms with Crippen molar-refractivity contribution in [2.24, 2.45) is 0 Å². The van der Waals surface area contributed by atoms with Gasteiger partial charge >= 0.3 is 0 Å². The zero-order valence-electron chi connectivity index (χ0n) is 10.5. The van der Waals surface area contributed by atoms with Crippen LogP contribution in [-0.4, -0.2) is 21.7 Å². The third-order valence-electron chi connectivity index (χ3n) is 3.09. The fourth-order valence-corrected chi connectivity index (χ4v) is 2.74. The minimum Gasteiger partial charge on any atom is -0.375 e. The molecule has 3 rings (SSSR count). The molecule has 1 unspecified atom stereocenters. The van der Waals surface area contributed by atoms with E-state index >= 15 is 0 Å². The second-order valence-corrected chi connectivity index (χ2v) is 5.47. The molecule has 6 nitrogen and oxygen atoms in total. The van der Waals surface area contributed by atoms with E-state index in [0.29, 0.717) is 16.8 Å². The molecule has 2 N–H and O–H groups in total. The third-order valence-corrected chi connectivity index (χ3v) is 3.82. The Morgan fingerprint density at radius 1 is 1.37 bits per heavy atom. The number of nitrogens with zero attached hydrogens (tertiary/aromatic N) is 3. The van der Waals surface area contributed by atoms with Crippen LogP contribution in [0.15, 0.2) is 9.90 Å². The molecular formula is C12H16N4O2S. The van der Waals surface area contributed by atoms with Crippen molar-refractivity contribution in [3.8, 4) is 0 Å². The van der Waals surface area contributed by atoms with Gasteiger partial charge in [-0.15, -0.1) is 11.3 Å². The maximum absolute atomic E-state index is 5.59. The molecule has 19 heavy (non-hydrogen) atoms. The summed E-state index contributed by atoms with van der Waals surface area (Å²) in [6.45, 7) is 0.791. The number of aromatic nitrogens is 3. The van der Waals surface area contributed by atoms with Gasteiger partial charge in [-0.05, 0) is 25.7 Å². The Bertz CT molecular complexity index is 533. The van der Waals surface area contributed by atoms with E-state index in [9.17, 15) is 0 Å². The Hall–Kier alpha value is -1.47. The molecular weight excluding hydrogens is 264 g/mol. The molecule has 0 saturated carbocycles. The van der Waals surface area contributed by atoms with Crippen LogP contribution in [0.2, 0.25) is 0 Å². The van der Waals surface area contributed by atoms with Gasteiger partial charge in [0.05, 0.1) is 5.69 Å². The quantitative estimate of drug-likeness (QED) is 0.902. The second-order valence-electron chi connectivity index (χ2n) is 4.58. The van der Waals surface area contributed by atoms with Gasteiger partial charge in [0.25, 0.3) is 0 Å². The molecule has 0 aromatic carbocycles.